The van der Waals surface area contributed by atoms with E-state index in [-0.39, 0.29) is 18.6 Å². The zero-order chi connectivity index (χ0) is 13.0. The van der Waals surface area contributed by atoms with Crippen molar-refractivity contribution in [2.24, 2.45) is 5.92 Å². The number of nitrogens with one attached hydrogen (secondary N) is 1. The molecule has 18 heavy (non-hydrogen) atoms. The summed E-state index contributed by atoms with van der Waals surface area (Å²) in [6.07, 6.45) is 3.10. The Kier molecular flexibility index (Phi) is 3.97. The van der Waals surface area contributed by atoms with Crippen molar-refractivity contribution in [3.63, 3.8) is 0 Å². The third kappa shape index (κ3) is 3.32. The van der Waals surface area contributed by atoms with Crippen molar-refractivity contribution in [1.29, 1.82) is 0 Å². The van der Waals surface area contributed by atoms with E-state index in [0.717, 1.165) is 6.29 Å². The molecule has 1 aromatic carbocycles. The van der Waals surface area contributed by atoms with Gasteiger partial charge in [-0.15, -0.1) is 0 Å². The van der Waals surface area contributed by atoms with Crippen LogP contribution < -0.4 is 10.1 Å². The summed E-state index contributed by atoms with van der Waals surface area (Å²) < 4.78 is 5.35. The largest absolute Gasteiger partial charge is 0.483 e. The van der Waals surface area contributed by atoms with E-state index < -0.39 is 0 Å². The lowest BCUT2D eigenvalue weighted by atomic mass is 10.2. The lowest BCUT2D eigenvalue weighted by Crippen LogP contribution is -2.37. The second kappa shape index (κ2) is 5.67. The van der Waals surface area contributed by atoms with Crippen LogP contribution in [0.3, 0.4) is 0 Å². The minimum Gasteiger partial charge on any atom is -0.483 e. The van der Waals surface area contributed by atoms with Crippen LogP contribution in [0.15, 0.2) is 24.3 Å². The van der Waals surface area contributed by atoms with Gasteiger partial charge in [0.25, 0.3) is 5.91 Å². The summed E-state index contributed by atoms with van der Waals surface area (Å²) in [5.41, 5.74) is 0.459. The fraction of sp³-hybridized carbons (Fsp3) is 0.429. The molecule has 4 heteroatoms. The molecule has 0 aromatic heterocycles. The highest BCUT2D eigenvalue weighted by Gasteiger charge is 2.28. The molecular formula is C14H17NO3. The van der Waals surface area contributed by atoms with E-state index in [4.69, 9.17) is 4.74 Å². The van der Waals surface area contributed by atoms with Crippen LogP contribution in [0.4, 0.5) is 0 Å². The molecule has 0 spiro atoms. The van der Waals surface area contributed by atoms with E-state index in [0.29, 0.717) is 17.2 Å². The number of carbonyl (C=O) groups excluding carboxylic acids is 2. The van der Waals surface area contributed by atoms with Gasteiger partial charge in [-0.1, -0.05) is 12.1 Å². The van der Waals surface area contributed by atoms with Gasteiger partial charge in [0.05, 0.1) is 5.56 Å². The summed E-state index contributed by atoms with van der Waals surface area (Å²) >= 11 is 0. The molecule has 1 aliphatic carbocycles. The van der Waals surface area contributed by atoms with Crippen molar-refractivity contribution in [2.75, 3.05) is 6.61 Å². The SMILES string of the molecule is C[C@@H](NC(=O)COc1ccccc1C=O)C1CC1. The predicted molar refractivity (Wildman–Crippen MR) is 67.7 cm³/mol. The third-order valence-electron chi connectivity index (χ3n) is 3.12. The highest BCUT2D eigenvalue weighted by Crippen LogP contribution is 2.32. The molecule has 1 N–H and O–H groups in total. The van der Waals surface area contributed by atoms with Gasteiger partial charge in [-0.05, 0) is 37.8 Å². The monoisotopic (exact) mass is 247 g/mol. The van der Waals surface area contributed by atoms with E-state index in [1.807, 2.05) is 6.92 Å². The molecule has 0 heterocycles. The van der Waals surface area contributed by atoms with Gasteiger partial charge in [-0.25, -0.2) is 0 Å². The minimum atomic E-state index is -0.143. The maximum atomic E-state index is 11.6. The second-order valence-electron chi connectivity index (χ2n) is 4.64. The molecule has 1 amide bonds. The van der Waals surface area contributed by atoms with Crippen LogP contribution in [-0.2, 0) is 4.79 Å². The second-order valence-corrected chi connectivity index (χ2v) is 4.64. The first kappa shape index (κ1) is 12.6. The number of hydrogen-bond donors (Lipinski definition) is 1. The normalized spacial score (nSPS) is 15.8. The molecule has 0 radical (unpaired) electrons. The summed E-state index contributed by atoms with van der Waals surface area (Å²) in [6.45, 7) is 1.96. The van der Waals surface area contributed by atoms with Crippen LogP contribution in [0.5, 0.6) is 5.75 Å². The van der Waals surface area contributed by atoms with Gasteiger partial charge in [0.2, 0.25) is 0 Å². The zero-order valence-electron chi connectivity index (χ0n) is 10.4. The number of benzene rings is 1. The van der Waals surface area contributed by atoms with Crippen molar-refractivity contribution in [3.05, 3.63) is 29.8 Å². The average Bonchev–Trinajstić information content (AvgIpc) is 3.21. The first-order valence-electron chi connectivity index (χ1n) is 6.17. The zero-order valence-corrected chi connectivity index (χ0v) is 10.4. The van der Waals surface area contributed by atoms with Crippen LogP contribution in [0.25, 0.3) is 0 Å². The van der Waals surface area contributed by atoms with E-state index in [2.05, 4.69) is 5.32 Å². The van der Waals surface area contributed by atoms with E-state index in [1.165, 1.54) is 12.8 Å². The molecule has 0 saturated heterocycles. The molecule has 1 aromatic rings. The third-order valence-corrected chi connectivity index (χ3v) is 3.12. The Bertz CT molecular complexity index is 440. The quantitative estimate of drug-likeness (QED) is 0.780. The van der Waals surface area contributed by atoms with Crippen molar-refractivity contribution >= 4 is 12.2 Å². The van der Waals surface area contributed by atoms with Crippen molar-refractivity contribution < 1.29 is 14.3 Å². The maximum Gasteiger partial charge on any atom is 0.258 e. The highest BCUT2D eigenvalue weighted by atomic mass is 16.5. The Morgan fingerprint density at radius 3 is 2.89 bits per heavy atom. The number of rotatable bonds is 6. The van der Waals surface area contributed by atoms with Crippen molar-refractivity contribution in [3.8, 4) is 5.75 Å². The molecule has 0 unspecified atom stereocenters. The highest BCUT2D eigenvalue weighted by molar-refractivity contribution is 5.80. The maximum absolute atomic E-state index is 11.6. The summed E-state index contributed by atoms with van der Waals surface area (Å²) in [5.74, 6) is 0.924. The molecule has 1 atom stereocenters. The van der Waals surface area contributed by atoms with E-state index in [1.54, 1.807) is 24.3 Å². The Balaban J connectivity index is 1.82. The number of aldehydes is 1. The van der Waals surface area contributed by atoms with Crippen LogP contribution in [-0.4, -0.2) is 24.8 Å². The van der Waals surface area contributed by atoms with Gasteiger partial charge in [0.15, 0.2) is 12.9 Å². The minimum absolute atomic E-state index is 0.0537. The van der Waals surface area contributed by atoms with Crippen LogP contribution in [0, 0.1) is 5.92 Å². The summed E-state index contributed by atoms with van der Waals surface area (Å²) in [7, 11) is 0. The van der Waals surface area contributed by atoms with E-state index in [9.17, 15) is 9.59 Å². The van der Waals surface area contributed by atoms with Gasteiger partial charge in [-0.2, -0.15) is 0 Å². The average molecular weight is 247 g/mol. The first-order valence-corrected chi connectivity index (χ1v) is 6.17. The van der Waals surface area contributed by atoms with Gasteiger partial charge in [-0.3, -0.25) is 9.59 Å². The molecule has 1 saturated carbocycles. The number of carbonyl (C=O) groups is 2. The van der Waals surface area contributed by atoms with Gasteiger partial charge in [0, 0.05) is 6.04 Å². The van der Waals surface area contributed by atoms with Gasteiger partial charge >= 0.3 is 0 Å². The molecule has 4 nitrogen and oxygen atoms in total. The van der Waals surface area contributed by atoms with Gasteiger partial charge < -0.3 is 10.1 Å². The number of hydrogen-bond acceptors (Lipinski definition) is 3. The molecule has 1 fully saturated rings. The van der Waals surface area contributed by atoms with Crippen LogP contribution in [0.2, 0.25) is 0 Å². The van der Waals surface area contributed by atoms with Crippen LogP contribution >= 0.6 is 0 Å². The summed E-state index contributed by atoms with van der Waals surface area (Å²) in [4.78, 5) is 22.4. The Labute approximate surface area is 106 Å². The predicted octanol–water partition coefficient (Wildman–Crippen LogP) is 1.79. The fourth-order valence-corrected chi connectivity index (χ4v) is 1.86. The Hall–Kier alpha value is -1.84. The van der Waals surface area contributed by atoms with Gasteiger partial charge in [0.1, 0.15) is 5.75 Å². The molecule has 2 rings (SSSR count). The standard InChI is InChI=1S/C14H17NO3/c1-10(11-6-7-11)15-14(17)9-18-13-5-3-2-4-12(13)8-16/h2-5,8,10-11H,6-7,9H2,1H3,(H,15,17)/t10-/m1/s1. The number of para-hydroxylation sites is 1. The Morgan fingerprint density at radius 1 is 1.50 bits per heavy atom. The lowest BCUT2D eigenvalue weighted by molar-refractivity contribution is -0.123. The molecule has 1 aliphatic rings. The molecule has 96 valence electrons. The summed E-state index contributed by atoms with van der Waals surface area (Å²) in [5, 5.41) is 2.90. The molecule has 0 aliphatic heterocycles. The summed E-state index contributed by atoms with van der Waals surface area (Å²) in [6, 6.07) is 7.08. The van der Waals surface area contributed by atoms with Crippen LogP contribution in [0.1, 0.15) is 30.1 Å². The topological polar surface area (TPSA) is 55.4 Å². The van der Waals surface area contributed by atoms with Crippen molar-refractivity contribution in [1.82, 2.24) is 5.32 Å². The lowest BCUT2D eigenvalue weighted by Gasteiger charge is -2.13. The molecular weight excluding hydrogens is 230 g/mol. The smallest absolute Gasteiger partial charge is 0.258 e. The van der Waals surface area contributed by atoms with E-state index >= 15 is 0 Å². The molecule has 0 bridgehead atoms. The van der Waals surface area contributed by atoms with Crippen molar-refractivity contribution in [2.45, 2.75) is 25.8 Å². The fourth-order valence-electron chi connectivity index (χ4n) is 1.86. The number of ether oxygens (including phenoxy) is 1. The number of amides is 1. The Morgan fingerprint density at radius 2 is 2.22 bits per heavy atom. The first-order chi connectivity index (χ1) is 8.70.